The monoisotopic (exact) mass is 360 g/mol. The van der Waals surface area contributed by atoms with Crippen molar-refractivity contribution in [3.05, 3.63) is 29.3 Å². The van der Waals surface area contributed by atoms with Gasteiger partial charge in [-0.1, -0.05) is 24.4 Å². The molecule has 0 radical (unpaired) electrons. The molecule has 0 saturated carbocycles. The van der Waals surface area contributed by atoms with Crippen LogP contribution in [0.5, 0.6) is 0 Å². The third kappa shape index (κ3) is 4.91. The van der Waals surface area contributed by atoms with Gasteiger partial charge in [-0.3, -0.25) is 4.79 Å². The number of carbonyl (C=O) groups excluding carboxylic acids is 1. The standard InChI is InChI=1S/C15H21ClN2O4S/c16-12-5-7-13(8-6-12)23(21,22)17-14(11-19)15(20)18-9-3-1-2-4-10-18/h5-8,14,17,19H,1-4,9-11H2/t14-/m0/s1. The second kappa shape index (κ2) is 8.10. The molecule has 1 aromatic rings. The zero-order valence-corrected chi connectivity index (χ0v) is 14.3. The Morgan fingerprint density at radius 1 is 1.17 bits per heavy atom. The summed E-state index contributed by atoms with van der Waals surface area (Å²) in [5.74, 6) is -0.382. The Bertz CT molecular complexity index is 625. The van der Waals surface area contributed by atoms with Crippen LogP contribution in [0.1, 0.15) is 25.7 Å². The Balaban J connectivity index is 2.11. The number of halogens is 1. The maximum absolute atomic E-state index is 12.5. The van der Waals surface area contributed by atoms with Crippen molar-refractivity contribution in [1.82, 2.24) is 9.62 Å². The summed E-state index contributed by atoms with van der Waals surface area (Å²) in [7, 11) is -3.90. The van der Waals surface area contributed by atoms with Crippen LogP contribution >= 0.6 is 11.6 Å². The van der Waals surface area contributed by atoms with Crippen molar-refractivity contribution in [3.63, 3.8) is 0 Å². The van der Waals surface area contributed by atoms with Gasteiger partial charge in [-0.25, -0.2) is 8.42 Å². The molecule has 1 fully saturated rings. The number of carbonyl (C=O) groups is 1. The van der Waals surface area contributed by atoms with E-state index in [9.17, 15) is 18.3 Å². The lowest BCUT2D eigenvalue weighted by molar-refractivity contribution is -0.133. The van der Waals surface area contributed by atoms with Crippen molar-refractivity contribution in [2.75, 3.05) is 19.7 Å². The van der Waals surface area contributed by atoms with Gasteiger partial charge in [0.05, 0.1) is 11.5 Å². The van der Waals surface area contributed by atoms with Gasteiger partial charge in [0, 0.05) is 18.1 Å². The molecule has 0 aliphatic carbocycles. The van der Waals surface area contributed by atoms with E-state index in [4.69, 9.17) is 11.6 Å². The summed E-state index contributed by atoms with van der Waals surface area (Å²) in [6, 6.07) is 4.46. The molecule has 1 aromatic carbocycles. The number of aliphatic hydroxyl groups is 1. The number of sulfonamides is 1. The first-order valence-electron chi connectivity index (χ1n) is 7.61. The number of aliphatic hydroxyl groups excluding tert-OH is 1. The molecule has 1 heterocycles. The molecule has 1 aliphatic heterocycles. The molecule has 2 N–H and O–H groups in total. The molecule has 1 saturated heterocycles. The second-order valence-corrected chi connectivity index (χ2v) is 7.70. The van der Waals surface area contributed by atoms with Crippen molar-refractivity contribution in [1.29, 1.82) is 0 Å². The third-order valence-corrected chi connectivity index (χ3v) is 5.56. The summed E-state index contributed by atoms with van der Waals surface area (Å²) in [6.45, 7) is 0.609. The maximum Gasteiger partial charge on any atom is 0.243 e. The smallest absolute Gasteiger partial charge is 0.243 e. The van der Waals surface area contributed by atoms with Crippen LogP contribution < -0.4 is 4.72 Å². The minimum absolute atomic E-state index is 0.00372. The molecular weight excluding hydrogens is 340 g/mol. The van der Waals surface area contributed by atoms with Gasteiger partial charge in [-0.05, 0) is 37.1 Å². The van der Waals surface area contributed by atoms with E-state index >= 15 is 0 Å². The molecule has 0 unspecified atom stereocenters. The van der Waals surface area contributed by atoms with Crippen LogP contribution in [0.25, 0.3) is 0 Å². The molecule has 0 spiro atoms. The van der Waals surface area contributed by atoms with Gasteiger partial charge < -0.3 is 10.0 Å². The van der Waals surface area contributed by atoms with E-state index in [0.717, 1.165) is 25.7 Å². The zero-order chi connectivity index (χ0) is 16.9. The van der Waals surface area contributed by atoms with Crippen molar-refractivity contribution in [3.8, 4) is 0 Å². The van der Waals surface area contributed by atoms with E-state index in [1.54, 1.807) is 4.90 Å². The molecule has 0 bridgehead atoms. The Hall–Kier alpha value is -1.15. The third-order valence-electron chi connectivity index (χ3n) is 3.82. The molecule has 1 amide bonds. The number of benzene rings is 1. The van der Waals surface area contributed by atoms with E-state index < -0.39 is 22.7 Å². The van der Waals surface area contributed by atoms with Crippen LogP contribution in [0.15, 0.2) is 29.2 Å². The normalized spacial score (nSPS) is 17.6. The van der Waals surface area contributed by atoms with Gasteiger partial charge in [0.1, 0.15) is 6.04 Å². The SMILES string of the molecule is O=C([C@H](CO)NS(=O)(=O)c1ccc(Cl)cc1)N1CCCCCC1. The lowest BCUT2D eigenvalue weighted by atomic mass is 10.2. The van der Waals surface area contributed by atoms with E-state index in [-0.39, 0.29) is 10.8 Å². The Morgan fingerprint density at radius 3 is 2.26 bits per heavy atom. The molecule has 0 aromatic heterocycles. The molecule has 1 atom stereocenters. The molecule has 8 heteroatoms. The van der Waals surface area contributed by atoms with Gasteiger partial charge >= 0.3 is 0 Å². The highest BCUT2D eigenvalue weighted by Gasteiger charge is 2.29. The van der Waals surface area contributed by atoms with Crippen LogP contribution in [-0.2, 0) is 14.8 Å². The molecule has 6 nitrogen and oxygen atoms in total. The number of amides is 1. The van der Waals surface area contributed by atoms with E-state index in [1.165, 1.54) is 24.3 Å². The van der Waals surface area contributed by atoms with Gasteiger partial charge in [0.25, 0.3) is 0 Å². The summed E-state index contributed by atoms with van der Waals surface area (Å²) >= 11 is 5.75. The highest BCUT2D eigenvalue weighted by Crippen LogP contribution is 2.15. The first-order valence-corrected chi connectivity index (χ1v) is 9.48. The maximum atomic E-state index is 12.5. The highest BCUT2D eigenvalue weighted by molar-refractivity contribution is 7.89. The molecule has 2 rings (SSSR count). The minimum Gasteiger partial charge on any atom is -0.394 e. The lowest BCUT2D eigenvalue weighted by Gasteiger charge is -2.25. The largest absolute Gasteiger partial charge is 0.394 e. The van der Waals surface area contributed by atoms with Crippen LogP contribution in [0.4, 0.5) is 0 Å². The Labute approximate surface area is 141 Å². The summed E-state index contributed by atoms with van der Waals surface area (Å²) in [4.78, 5) is 14.1. The first kappa shape index (κ1) is 18.2. The summed E-state index contributed by atoms with van der Waals surface area (Å²) in [6.07, 6.45) is 3.91. The van der Waals surface area contributed by atoms with E-state index in [2.05, 4.69) is 4.72 Å². The lowest BCUT2D eigenvalue weighted by Crippen LogP contribution is -2.50. The fraction of sp³-hybridized carbons (Fsp3) is 0.533. The van der Waals surface area contributed by atoms with E-state index in [0.29, 0.717) is 18.1 Å². The predicted octanol–water partition coefficient (Wildman–Crippen LogP) is 1.38. The van der Waals surface area contributed by atoms with E-state index in [1.807, 2.05) is 0 Å². The van der Waals surface area contributed by atoms with Crippen LogP contribution in [0.3, 0.4) is 0 Å². The number of nitrogens with one attached hydrogen (secondary N) is 1. The number of hydrogen-bond donors (Lipinski definition) is 2. The predicted molar refractivity (Wildman–Crippen MR) is 87.7 cm³/mol. The quantitative estimate of drug-likeness (QED) is 0.830. The summed E-state index contributed by atoms with van der Waals surface area (Å²) in [5.41, 5.74) is 0. The average molecular weight is 361 g/mol. The van der Waals surface area contributed by atoms with Crippen molar-refractivity contribution in [2.24, 2.45) is 0 Å². The van der Waals surface area contributed by atoms with Crippen molar-refractivity contribution in [2.45, 2.75) is 36.6 Å². The average Bonchev–Trinajstić information content (AvgIpc) is 2.81. The van der Waals surface area contributed by atoms with Crippen molar-refractivity contribution >= 4 is 27.5 Å². The van der Waals surface area contributed by atoms with Crippen LogP contribution in [-0.4, -0.2) is 50.1 Å². The van der Waals surface area contributed by atoms with Crippen LogP contribution in [0.2, 0.25) is 5.02 Å². The molecule has 128 valence electrons. The van der Waals surface area contributed by atoms with Gasteiger partial charge in [0.2, 0.25) is 15.9 Å². The Kier molecular flexibility index (Phi) is 6.41. The number of likely N-dealkylation sites (tertiary alicyclic amines) is 1. The summed E-state index contributed by atoms with van der Waals surface area (Å²) in [5, 5.41) is 9.88. The molecule has 1 aliphatic rings. The molecular formula is C15H21ClN2O4S. The second-order valence-electron chi connectivity index (χ2n) is 5.55. The number of hydrogen-bond acceptors (Lipinski definition) is 4. The highest BCUT2D eigenvalue weighted by atomic mass is 35.5. The number of nitrogens with zero attached hydrogens (tertiary/aromatic N) is 1. The van der Waals surface area contributed by atoms with Crippen molar-refractivity contribution < 1.29 is 18.3 Å². The van der Waals surface area contributed by atoms with Gasteiger partial charge in [-0.2, -0.15) is 4.72 Å². The topological polar surface area (TPSA) is 86.7 Å². The van der Waals surface area contributed by atoms with Gasteiger partial charge in [-0.15, -0.1) is 0 Å². The summed E-state index contributed by atoms with van der Waals surface area (Å²) < 4.78 is 26.9. The first-order chi connectivity index (χ1) is 10.9. The van der Waals surface area contributed by atoms with Gasteiger partial charge in [0.15, 0.2) is 0 Å². The Morgan fingerprint density at radius 2 is 1.74 bits per heavy atom. The minimum atomic E-state index is -3.90. The van der Waals surface area contributed by atoms with Crippen LogP contribution in [0, 0.1) is 0 Å². The zero-order valence-electron chi connectivity index (χ0n) is 12.7. The number of rotatable bonds is 5. The fourth-order valence-electron chi connectivity index (χ4n) is 2.55. The molecule has 23 heavy (non-hydrogen) atoms. The fourth-order valence-corrected chi connectivity index (χ4v) is 3.85.